The molecule has 1 unspecified atom stereocenters. The quantitative estimate of drug-likeness (QED) is 0.464. The van der Waals surface area contributed by atoms with Crippen LogP contribution in [-0.2, 0) is 4.79 Å². The maximum atomic E-state index is 12.8. The molecule has 1 aromatic carbocycles. The molecule has 0 radical (unpaired) electrons. The van der Waals surface area contributed by atoms with Crippen LogP contribution >= 0.6 is 11.3 Å². The van der Waals surface area contributed by atoms with Gasteiger partial charge >= 0.3 is 0 Å². The molecule has 0 bridgehead atoms. The van der Waals surface area contributed by atoms with Crippen molar-refractivity contribution >= 4 is 34.4 Å². The number of nitrogens with zero attached hydrogens (tertiary/aromatic N) is 2. The van der Waals surface area contributed by atoms with Crippen LogP contribution in [-0.4, -0.2) is 29.3 Å². The lowest BCUT2D eigenvalue weighted by Crippen LogP contribution is -2.50. The highest BCUT2D eigenvalue weighted by Gasteiger charge is 2.38. The predicted octanol–water partition coefficient (Wildman–Crippen LogP) is 3.29. The normalized spacial score (nSPS) is 16.5. The van der Waals surface area contributed by atoms with Crippen molar-refractivity contribution in [2.24, 2.45) is 5.92 Å². The molecule has 0 fully saturated rings. The molecule has 2 aromatic rings. The monoisotopic (exact) mass is 360 g/mol. The zero-order chi connectivity index (χ0) is 18.1. The van der Waals surface area contributed by atoms with Crippen LogP contribution in [0.1, 0.15) is 23.5 Å². The molecule has 7 nitrogen and oxygen atoms in total. The minimum absolute atomic E-state index is 0.102. The number of rotatable bonds is 5. The van der Waals surface area contributed by atoms with Crippen molar-refractivity contribution in [2.45, 2.75) is 20.0 Å². The average molecular weight is 360 g/mol. The second-order valence-electron chi connectivity index (χ2n) is 6.02. The number of thiophene rings is 1. The molecule has 1 atom stereocenters. The predicted molar refractivity (Wildman–Crippen MR) is 93.4 cm³/mol. The van der Waals surface area contributed by atoms with E-state index in [0.29, 0.717) is 10.6 Å². The molecule has 1 aliphatic rings. The van der Waals surface area contributed by atoms with Gasteiger partial charge in [-0.3, -0.25) is 24.6 Å². The Morgan fingerprint density at radius 2 is 2.16 bits per heavy atom. The molecule has 3 rings (SSSR count). The van der Waals surface area contributed by atoms with Crippen LogP contribution in [0.4, 0.5) is 11.4 Å². The Morgan fingerprint density at radius 3 is 2.76 bits per heavy atom. The van der Waals surface area contributed by atoms with Crippen molar-refractivity contribution in [3.63, 3.8) is 0 Å². The summed E-state index contributed by atoms with van der Waals surface area (Å²) in [6.45, 7) is 3.51. The van der Waals surface area contributed by atoms with Crippen molar-refractivity contribution in [1.82, 2.24) is 0 Å². The summed E-state index contributed by atoms with van der Waals surface area (Å²) >= 11 is 1.29. The van der Waals surface area contributed by atoms with Gasteiger partial charge < -0.3 is 4.74 Å². The van der Waals surface area contributed by atoms with E-state index in [2.05, 4.69) is 0 Å². The van der Waals surface area contributed by atoms with Gasteiger partial charge in [0.05, 0.1) is 22.0 Å². The molecule has 130 valence electrons. The number of ketones is 1. The largest absolute Gasteiger partial charge is 0.478 e. The maximum Gasteiger partial charge on any atom is 0.271 e. The number of carbonyl (C=O) groups is 2. The fourth-order valence-electron chi connectivity index (χ4n) is 2.63. The van der Waals surface area contributed by atoms with Gasteiger partial charge in [0.1, 0.15) is 5.75 Å². The number of benzene rings is 1. The first-order chi connectivity index (χ1) is 11.9. The average Bonchev–Trinajstić information content (AvgIpc) is 3.10. The number of ether oxygens (including phenoxy) is 1. The molecule has 0 aliphatic carbocycles. The fraction of sp³-hybridized carbons (Fsp3) is 0.294. The van der Waals surface area contributed by atoms with E-state index in [0.717, 1.165) is 0 Å². The number of amides is 1. The summed E-state index contributed by atoms with van der Waals surface area (Å²) in [4.78, 5) is 37.6. The van der Waals surface area contributed by atoms with Gasteiger partial charge in [0.25, 0.3) is 11.6 Å². The molecule has 0 saturated carbocycles. The van der Waals surface area contributed by atoms with Gasteiger partial charge in [-0.15, -0.1) is 11.3 Å². The standard InChI is InChI=1S/C17H16N2O5S/c1-10(2)16-17(21)18(9-13(20)15-4-3-7-25-15)12-8-11(19(22)23)5-6-14(12)24-16/h3-8,10,16H,9H2,1-2H3. The van der Waals surface area contributed by atoms with Gasteiger partial charge in [0, 0.05) is 12.1 Å². The first kappa shape index (κ1) is 17.1. The van der Waals surface area contributed by atoms with Crippen molar-refractivity contribution in [1.29, 1.82) is 0 Å². The minimum Gasteiger partial charge on any atom is -0.478 e. The van der Waals surface area contributed by atoms with E-state index >= 15 is 0 Å². The maximum absolute atomic E-state index is 12.8. The van der Waals surface area contributed by atoms with E-state index in [1.54, 1.807) is 17.5 Å². The zero-order valence-electron chi connectivity index (χ0n) is 13.7. The second-order valence-corrected chi connectivity index (χ2v) is 6.96. The molecule has 0 N–H and O–H groups in total. The van der Waals surface area contributed by atoms with Crippen molar-refractivity contribution < 1.29 is 19.2 Å². The fourth-order valence-corrected chi connectivity index (χ4v) is 3.29. The number of fused-ring (bicyclic) bond motifs is 1. The van der Waals surface area contributed by atoms with E-state index in [-0.39, 0.29) is 35.5 Å². The van der Waals surface area contributed by atoms with Crippen LogP contribution in [0.2, 0.25) is 0 Å². The summed E-state index contributed by atoms with van der Waals surface area (Å²) in [6.07, 6.45) is -0.731. The van der Waals surface area contributed by atoms with Gasteiger partial charge in [-0.1, -0.05) is 19.9 Å². The van der Waals surface area contributed by atoms with Crippen LogP contribution < -0.4 is 9.64 Å². The van der Waals surface area contributed by atoms with Crippen LogP contribution in [0.5, 0.6) is 5.75 Å². The lowest BCUT2D eigenvalue weighted by molar-refractivity contribution is -0.384. The number of carbonyl (C=O) groups excluding carboxylic acids is 2. The van der Waals surface area contributed by atoms with Crippen LogP contribution in [0.25, 0.3) is 0 Å². The number of Topliss-reactive ketones (excluding diaryl/α,β-unsaturated/α-hetero) is 1. The molecule has 0 spiro atoms. The lowest BCUT2D eigenvalue weighted by atomic mass is 10.0. The summed E-state index contributed by atoms with van der Waals surface area (Å²) in [5.41, 5.74) is 0.0905. The van der Waals surface area contributed by atoms with Gasteiger partial charge in [0.2, 0.25) is 0 Å². The highest BCUT2D eigenvalue weighted by molar-refractivity contribution is 7.12. The first-order valence-corrected chi connectivity index (χ1v) is 8.59. The number of hydrogen-bond acceptors (Lipinski definition) is 6. The molecule has 8 heteroatoms. The third-order valence-corrected chi connectivity index (χ3v) is 4.82. The van der Waals surface area contributed by atoms with Gasteiger partial charge in [0.15, 0.2) is 11.9 Å². The molecule has 2 heterocycles. The smallest absolute Gasteiger partial charge is 0.271 e. The van der Waals surface area contributed by atoms with Crippen LogP contribution in [0, 0.1) is 16.0 Å². The van der Waals surface area contributed by atoms with E-state index in [1.807, 2.05) is 13.8 Å². The summed E-state index contributed by atoms with van der Waals surface area (Å²) < 4.78 is 5.72. The number of nitro groups is 1. The highest BCUT2D eigenvalue weighted by Crippen LogP contribution is 2.38. The minimum atomic E-state index is -0.731. The molecule has 1 aromatic heterocycles. The number of nitro benzene ring substituents is 1. The summed E-state index contributed by atoms with van der Waals surface area (Å²) in [5.74, 6) is -0.323. The van der Waals surface area contributed by atoms with E-state index in [9.17, 15) is 19.7 Å². The second kappa shape index (κ2) is 6.64. The molecule has 0 saturated heterocycles. The van der Waals surface area contributed by atoms with Crippen molar-refractivity contribution in [2.75, 3.05) is 11.4 Å². The topological polar surface area (TPSA) is 89.8 Å². The molecule has 25 heavy (non-hydrogen) atoms. The van der Waals surface area contributed by atoms with Gasteiger partial charge in [-0.05, 0) is 23.4 Å². The molecular weight excluding hydrogens is 344 g/mol. The first-order valence-electron chi connectivity index (χ1n) is 7.71. The highest BCUT2D eigenvalue weighted by atomic mass is 32.1. The van der Waals surface area contributed by atoms with E-state index in [4.69, 9.17) is 4.74 Å². The Hall–Kier alpha value is -2.74. The lowest BCUT2D eigenvalue weighted by Gasteiger charge is -2.35. The Kier molecular flexibility index (Phi) is 4.54. The van der Waals surface area contributed by atoms with Crippen molar-refractivity contribution in [3.8, 4) is 5.75 Å². The van der Waals surface area contributed by atoms with E-state index in [1.165, 1.54) is 34.4 Å². The summed E-state index contributed by atoms with van der Waals surface area (Å²) in [5, 5.41) is 12.8. The Balaban J connectivity index is 2.01. The molecule has 1 amide bonds. The van der Waals surface area contributed by atoms with E-state index < -0.39 is 11.0 Å². The number of non-ortho nitro benzene ring substituents is 1. The molecule has 1 aliphatic heterocycles. The number of anilines is 1. The zero-order valence-corrected chi connectivity index (χ0v) is 14.5. The Bertz CT molecular complexity index is 832. The third-order valence-electron chi connectivity index (χ3n) is 3.91. The SMILES string of the molecule is CC(C)C1Oc2ccc([N+](=O)[O-])cc2N(CC(=O)c2cccs2)C1=O. The van der Waals surface area contributed by atoms with Gasteiger partial charge in [-0.25, -0.2) is 0 Å². The third kappa shape index (κ3) is 3.25. The summed E-state index contributed by atoms with van der Waals surface area (Å²) in [7, 11) is 0. The van der Waals surface area contributed by atoms with Crippen LogP contribution in [0.3, 0.4) is 0 Å². The molecular formula is C17H16N2O5S. The van der Waals surface area contributed by atoms with Gasteiger partial charge in [-0.2, -0.15) is 0 Å². The Labute approximate surface area is 148 Å². The summed E-state index contributed by atoms with van der Waals surface area (Å²) in [6, 6.07) is 7.51. The van der Waals surface area contributed by atoms with Crippen molar-refractivity contribution in [3.05, 3.63) is 50.7 Å². The Morgan fingerprint density at radius 1 is 1.40 bits per heavy atom. The number of hydrogen-bond donors (Lipinski definition) is 0. The van der Waals surface area contributed by atoms with Crippen LogP contribution in [0.15, 0.2) is 35.7 Å².